The first kappa shape index (κ1) is 12.7. The summed E-state index contributed by atoms with van der Waals surface area (Å²) in [5, 5.41) is 0. The van der Waals surface area contributed by atoms with Crippen LogP contribution in [0.2, 0.25) is 0 Å². The molecule has 108 valence electrons. The minimum Gasteiger partial charge on any atom is -0.0620 e. The van der Waals surface area contributed by atoms with Gasteiger partial charge >= 0.3 is 0 Å². The minimum atomic E-state index is 0.725. The fourth-order valence-corrected chi connectivity index (χ4v) is 7.09. The van der Waals surface area contributed by atoms with Gasteiger partial charge in [0, 0.05) is 0 Å². The zero-order valence-electron chi connectivity index (χ0n) is 13.0. The van der Waals surface area contributed by atoms with Gasteiger partial charge in [0.15, 0.2) is 0 Å². The Morgan fingerprint density at radius 2 is 1.58 bits per heavy atom. The molecule has 0 nitrogen and oxygen atoms in total. The van der Waals surface area contributed by atoms with Crippen LogP contribution in [0, 0.1) is 40.9 Å². The third-order valence-corrected chi connectivity index (χ3v) is 8.36. The van der Waals surface area contributed by atoms with Crippen molar-refractivity contribution in [3.05, 3.63) is 0 Å². The van der Waals surface area contributed by atoms with E-state index in [0.29, 0.717) is 0 Å². The van der Waals surface area contributed by atoms with E-state index in [9.17, 15) is 0 Å². The fourth-order valence-electron chi connectivity index (χ4n) is 7.09. The summed E-state index contributed by atoms with van der Waals surface area (Å²) < 4.78 is 0. The van der Waals surface area contributed by atoms with E-state index in [1.165, 1.54) is 12.8 Å². The van der Waals surface area contributed by atoms with E-state index in [0.717, 1.165) is 40.9 Å². The SMILES string of the molecule is C[C@H]1CC[C@H]2[C@@H]3CC[C@H]4CCCC[C@@H]4[C@H]3CC[C@]12C. The van der Waals surface area contributed by atoms with E-state index in [1.54, 1.807) is 51.4 Å². The summed E-state index contributed by atoms with van der Waals surface area (Å²) in [6.45, 7) is 5.20. The van der Waals surface area contributed by atoms with Gasteiger partial charge in [-0.25, -0.2) is 0 Å². The molecule has 4 aliphatic rings. The van der Waals surface area contributed by atoms with E-state index in [1.807, 2.05) is 0 Å². The molecule has 19 heavy (non-hydrogen) atoms. The summed E-state index contributed by atoms with van der Waals surface area (Å²) in [6.07, 6.45) is 15.7. The monoisotopic (exact) mass is 260 g/mol. The molecule has 4 fully saturated rings. The van der Waals surface area contributed by atoms with Gasteiger partial charge < -0.3 is 0 Å². The molecular formula is C19H32. The molecule has 0 aromatic rings. The molecule has 0 saturated heterocycles. The summed E-state index contributed by atoms with van der Waals surface area (Å²) in [5.41, 5.74) is 0.725. The molecule has 0 N–H and O–H groups in total. The van der Waals surface area contributed by atoms with Crippen molar-refractivity contribution in [3.8, 4) is 0 Å². The van der Waals surface area contributed by atoms with Crippen molar-refractivity contribution in [1.82, 2.24) is 0 Å². The van der Waals surface area contributed by atoms with Crippen molar-refractivity contribution < 1.29 is 0 Å². The lowest BCUT2D eigenvalue weighted by Crippen LogP contribution is -2.47. The summed E-state index contributed by atoms with van der Waals surface area (Å²) in [4.78, 5) is 0. The first-order chi connectivity index (χ1) is 9.20. The quantitative estimate of drug-likeness (QED) is 0.527. The second-order valence-electron chi connectivity index (χ2n) is 8.74. The highest BCUT2D eigenvalue weighted by molar-refractivity contribution is 5.04. The van der Waals surface area contributed by atoms with Crippen LogP contribution in [0.15, 0.2) is 0 Å². The first-order valence-electron chi connectivity index (χ1n) is 9.20. The highest BCUT2D eigenvalue weighted by atomic mass is 14.6. The summed E-state index contributed by atoms with van der Waals surface area (Å²) in [6, 6.07) is 0. The van der Waals surface area contributed by atoms with Crippen LogP contribution >= 0.6 is 0 Å². The zero-order chi connectivity index (χ0) is 13.0. The van der Waals surface area contributed by atoms with Crippen molar-refractivity contribution in [1.29, 1.82) is 0 Å². The maximum absolute atomic E-state index is 2.65. The second-order valence-corrected chi connectivity index (χ2v) is 8.74. The van der Waals surface area contributed by atoms with Gasteiger partial charge in [-0.15, -0.1) is 0 Å². The van der Waals surface area contributed by atoms with Crippen LogP contribution in [-0.2, 0) is 0 Å². The molecule has 0 bridgehead atoms. The molecule has 0 heterocycles. The van der Waals surface area contributed by atoms with Crippen LogP contribution in [0.1, 0.15) is 78.1 Å². The molecule has 0 aliphatic heterocycles. The lowest BCUT2D eigenvalue weighted by atomic mass is 9.50. The largest absolute Gasteiger partial charge is 0.0620 e. The predicted molar refractivity (Wildman–Crippen MR) is 80.9 cm³/mol. The molecular weight excluding hydrogens is 228 g/mol. The van der Waals surface area contributed by atoms with Gasteiger partial charge in [-0.05, 0) is 85.9 Å². The minimum absolute atomic E-state index is 0.725. The predicted octanol–water partition coefficient (Wildman–Crippen LogP) is 5.67. The van der Waals surface area contributed by atoms with Crippen molar-refractivity contribution in [2.24, 2.45) is 40.9 Å². The normalized spacial score (nSPS) is 57.2. The molecule has 0 heteroatoms. The van der Waals surface area contributed by atoms with E-state index in [2.05, 4.69) is 13.8 Å². The molecule has 0 aromatic carbocycles. The van der Waals surface area contributed by atoms with Gasteiger partial charge in [0.2, 0.25) is 0 Å². The van der Waals surface area contributed by atoms with Gasteiger partial charge in [-0.3, -0.25) is 0 Å². The van der Waals surface area contributed by atoms with Crippen LogP contribution in [-0.4, -0.2) is 0 Å². The lowest BCUT2D eigenvalue weighted by molar-refractivity contribution is -0.0599. The summed E-state index contributed by atoms with van der Waals surface area (Å²) in [7, 11) is 0. The molecule has 0 radical (unpaired) electrons. The third kappa shape index (κ3) is 1.77. The molecule has 0 aromatic heterocycles. The molecule has 4 rings (SSSR count). The van der Waals surface area contributed by atoms with E-state index in [4.69, 9.17) is 0 Å². The van der Waals surface area contributed by atoms with Crippen LogP contribution in [0.5, 0.6) is 0 Å². The first-order valence-corrected chi connectivity index (χ1v) is 9.20. The smallest absolute Gasteiger partial charge is 0.0269 e. The molecule has 7 atom stereocenters. The fraction of sp³-hybridized carbons (Fsp3) is 1.00. The molecule has 0 unspecified atom stereocenters. The zero-order valence-corrected chi connectivity index (χ0v) is 13.0. The van der Waals surface area contributed by atoms with E-state index >= 15 is 0 Å². The van der Waals surface area contributed by atoms with Crippen molar-refractivity contribution in [2.75, 3.05) is 0 Å². The van der Waals surface area contributed by atoms with Crippen LogP contribution < -0.4 is 0 Å². The van der Waals surface area contributed by atoms with Gasteiger partial charge in [-0.2, -0.15) is 0 Å². The van der Waals surface area contributed by atoms with Gasteiger partial charge in [0.05, 0.1) is 0 Å². The number of hydrogen-bond acceptors (Lipinski definition) is 0. The van der Waals surface area contributed by atoms with Crippen molar-refractivity contribution in [2.45, 2.75) is 78.1 Å². The van der Waals surface area contributed by atoms with Crippen molar-refractivity contribution in [3.63, 3.8) is 0 Å². The molecule has 4 saturated carbocycles. The Balaban J connectivity index is 1.59. The Bertz CT molecular complexity index is 346. The Labute approximate surface area is 119 Å². The lowest BCUT2D eigenvalue weighted by Gasteiger charge is -2.55. The van der Waals surface area contributed by atoms with Gasteiger partial charge in [0.1, 0.15) is 0 Å². The molecule has 4 aliphatic carbocycles. The van der Waals surface area contributed by atoms with Gasteiger partial charge in [0.25, 0.3) is 0 Å². The van der Waals surface area contributed by atoms with Crippen molar-refractivity contribution >= 4 is 0 Å². The maximum Gasteiger partial charge on any atom is -0.0269 e. The van der Waals surface area contributed by atoms with E-state index in [-0.39, 0.29) is 0 Å². The average Bonchev–Trinajstić information content (AvgIpc) is 2.75. The maximum atomic E-state index is 2.65. The van der Waals surface area contributed by atoms with E-state index < -0.39 is 0 Å². The third-order valence-electron chi connectivity index (χ3n) is 8.36. The summed E-state index contributed by atoms with van der Waals surface area (Å²) in [5.74, 6) is 6.66. The Kier molecular flexibility index (Phi) is 3.01. The Morgan fingerprint density at radius 1 is 0.737 bits per heavy atom. The van der Waals surface area contributed by atoms with Crippen LogP contribution in [0.25, 0.3) is 0 Å². The number of hydrogen-bond donors (Lipinski definition) is 0. The standard InChI is InChI=1S/C19H32/c1-13-7-10-18-17-9-8-14-5-3-4-6-15(14)16(17)11-12-19(13,18)2/h13-18H,3-12H2,1-2H3/t13-,14+,15-,16+,17+,18-,19+/m0/s1. The number of fused-ring (bicyclic) bond motifs is 5. The summed E-state index contributed by atoms with van der Waals surface area (Å²) >= 11 is 0. The molecule has 0 amide bonds. The Hall–Kier alpha value is 0. The van der Waals surface area contributed by atoms with Gasteiger partial charge in [-0.1, -0.05) is 33.1 Å². The van der Waals surface area contributed by atoms with Crippen LogP contribution in [0.3, 0.4) is 0 Å². The Morgan fingerprint density at radius 3 is 2.47 bits per heavy atom. The average molecular weight is 260 g/mol. The van der Waals surface area contributed by atoms with Crippen LogP contribution in [0.4, 0.5) is 0 Å². The topological polar surface area (TPSA) is 0 Å². The number of rotatable bonds is 0. The molecule has 0 spiro atoms. The highest BCUT2D eigenvalue weighted by Crippen LogP contribution is 2.63. The second kappa shape index (κ2) is 4.50. The highest BCUT2D eigenvalue weighted by Gasteiger charge is 2.55.